The van der Waals surface area contributed by atoms with Gasteiger partial charge in [-0.15, -0.1) is 11.3 Å². The summed E-state index contributed by atoms with van der Waals surface area (Å²) in [6.07, 6.45) is 3.58. The average molecular weight is 499 g/mol. The van der Waals surface area contributed by atoms with E-state index in [1.807, 2.05) is 12.3 Å². The van der Waals surface area contributed by atoms with Gasteiger partial charge < -0.3 is 19.1 Å². The molecule has 0 saturated heterocycles. The topological polar surface area (TPSA) is 78.0 Å². The first-order valence-electron chi connectivity index (χ1n) is 12.2. The maximum Gasteiger partial charge on any atom is 0.343 e. The van der Waals surface area contributed by atoms with Crippen molar-refractivity contribution in [1.82, 2.24) is 9.88 Å². The Bertz CT molecular complexity index is 1120. The number of benzene rings is 1. The van der Waals surface area contributed by atoms with Crippen molar-refractivity contribution in [2.24, 2.45) is 5.92 Å². The number of hydrogen-bond acceptors (Lipinski definition) is 8. The molecule has 3 heterocycles. The molecule has 0 bridgehead atoms. The first-order valence-corrected chi connectivity index (χ1v) is 13.1. The number of hydrogen-bond donors (Lipinski definition) is 0. The molecule has 0 N–H and O–H groups in total. The van der Waals surface area contributed by atoms with Crippen LogP contribution in [0, 0.1) is 12.8 Å². The Morgan fingerprint density at radius 2 is 2.06 bits per heavy atom. The summed E-state index contributed by atoms with van der Waals surface area (Å²) in [6, 6.07) is 4.28. The number of thiazole rings is 1. The molecule has 2 aliphatic rings. The lowest BCUT2D eigenvalue weighted by molar-refractivity contribution is -0.140. The highest BCUT2D eigenvalue weighted by molar-refractivity contribution is 7.09. The Hall–Kier alpha value is -2.71. The second-order valence-electron chi connectivity index (χ2n) is 9.36. The van der Waals surface area contributed by atoms with E-state index in [1.165, 1.54) is 5.56 Å². The van der Waals surface area contributed by atoms with Crippen LogP contribution in [0.15, 0.2) is 29.3 Å². The minimum Gasteiger partial charge on any atom is -0.493 e. The van der Waals surface area contributed by atoms with Crippen molar-refractivity contribution in [3.8, 4) is 17.0 Å². The molecule has 8 heteroatoms. The van der Waals surface area contributed by atoms with Crippen LogP contribution in [0.4, 0.5) is 0 Å². The van der Waals surface area contributed by atoms with Gasteiger partial charge in [-0.2, -0.15) is 0 Å². The lowest BCUT2D eigenvalue weighted by Gasteiger charge is -2.47. The minimum absolute atomic E-state index is 0.141. The monoisotopic (exact) mass is 498 g/mol. The first-order chi connectivity index (χ1) is 16.8. The minimum atomic E-state index is -0.539. The molecule has 0 saturated carbocycles. The zero-order valence-corrected chi connectivity index (χ0v) is 21.9. The number of aromatic nitrogens is 1. The molecule has 188 valence electrons. The number of ether oxygens (including phenoxy) is 3. The van der Waals surface area contributed by atoms with Gasteiger partial charge in [0.1, 0.15) is 11.3 Å². The third kappa shape index (κ3) is 5.28. The fourth-order valence-corrected chi connectivity index (χ4v) is 5.52. The number of esters is 1. The lowest BCUT2D eigenvalue weighted by atomic mass is 9.79. The van der Waals surface area contributed by atoms with Gasteiger partial charge in [-0.25, -0.2) is 9.78 Å². The highest BCUT2D eigenvalue weighted by Gasteiger charge is 2.41. The van der Waals surface area contributed by atoms with Crippen LogP contribution in [-0.4, -0.2) is 54.6 Å². The van der Waals surface area contributed by atoms with E-state index in [4.69, 9.17) is 19.2 Å². The van der Waals surface area contributed by atoms with Gasteiger partial charge >= 0.3 is 5.97 Å². The summed E-state index contributed by atoms with van der Waals surface area (Å²) in [5, 5.41) is 3.03. The molecule has 2 unspecified atom stereocenters. The SMILES string of the molecule is CCOC(=O)C1=CN2C(CC1=O)c1cc(-c3csc(C)n3)c(OCCCOC)cc1CC2C(C)C. The predicted molar refractivity (Wildman–Crippen MR) is 136 cm³/mol. The van der Waals surface area contributed by atoms with Gasteiger partial charge in [0, 0.05) is 49.7 Å². The number of fused-ring (bicyclic) bond motifs is 3. The van der Waals surface area contributed by atoms with Crippen LogP contribution >= 0.6 is 11.3 Å². The van der Waals surface area contributed by atoms with Crippen LogP contribution in [0.5, 0.6) is 5.75 Å². The Balaban J connectivity index is 1.78. The van der Waals surface area contributed by atoms with Crippen LogP contribution in [0.3, 0.4) is 0 Å². The van der Waals surface area contributed by atoms with Crippen LogP contribution in [0.2, 0.25) is 0 Å². The van der Waals surface area contributed by atoms with E-state index < -0.39 is 5.97 Å². The summed E-state index contributed by atoms with van der Waals surface area (Å²) in [5.74, 6) is 0.421. The van der Waals surface area contributed by atoms with Crippen molar-refractivity contribution in [1.29, 1.82) is 0 Å². The molecule has 35 heavy (non-hydrogen) atoms. The van der Waals surface area contributed by atoms with Gasteiger partial charge in [0.15, 0.2) is 5.78 Å². The summed E-state index contributed by atoms with van der Waals surface area (Å²) < 4.78 is 16.6. The number of nitrogens with zero attached hydrogens (tertiary/aromatic N) is 2. The number of carbonyl (C=O) groups is 2. The average Bonchev–Trinajstić information content (AvgIpc) is 3.26. The van der Waals surface area contributed by atoms with Crippen molar-refractivity contribution in [3.63, 3.8) is 0 Å². The van der Waals surface area contributed by atoms with Crippen molar-refractivity contribution in [2.45, 2.75) is 59.0 Å². The van der Waals surface area contributed by atoms with Gasteiger partial charge in [-0.3, -0.25) is 4.79 Å². The molecule has 2 atom stereocenters. The van der Waals surface area contributed by atoms with E-state index in [-0.39, 0.29) is 36.5 Å². The summed E-state index contributed by atoms with van der Waals surface area (Å²) in [4.78, 5) is 32.4. The van der Waals surface area contributed by atoms with Crippen LogP contribution < -0.4 is 4.74 Å². The summed E-state index contributed by atoms with van der Waals surface area (Å²) in [6.45, 7) is 9.52. The molecule has 4 rings (SSSR count). The Morgan fingerprint density at radius 1 is 1.26 bits per heavy atom. The molecule has 0 radical (unpaired) electrons. The van der Waals surface area contributed by atoms with E-state index >= 15 is 0 Å². The van der Waals surface area contributed by atoms with Crippen molar-refractivity contribution in [2.75, 3.05) is 26.9 Å². The van der Waals surface area contributed by atoms with Gasteiger partial charge in [-0.1, -0.05) is 13.8 Å². The molecule has 7 nitrogen and oxygen atoms in total. The second-order valence-corrected chi connectivity index (χ2v) is 10.4. The third-order valence-corrected chi connectivity index (χ3v) is 7.41. The Morgan fingerprint density at radius 3 is 2.71 bits per heavy atom. The van der Waals surface area contributed by atoms with Gasteiger partial charge in [-0.05, 0) is 49.4 Å². The van der Waals surface area contributed by atoms with Gasteiger partial charge in [0.05, 0.1) is 30.0 Å². The van der Waals surface area contributed by atoms with E-state index in [0.29, 0.717) is 19.1 Å². The van der Waals surface area contributed by atoms with E-state index in [9.17, 15) is 9.59 Å². The zero-order valence-electron chi connectivity index (χ0n) is 21.1. The third-order valence-electron chi connectivity index (χ3n) is 6.64. The maximum absolute atomic E-state index is 13.0. The lowest BCUT2D eigenvalue weighted by Crippen LogP contribution is -2.47. The highest BCUT2D eigenvalue weighted by atomic mass is 32.1. The normalized spacial score (nSPS) is 19.3. The fourth-order valence-electron chi connectivity index (χ4n) is 4.90. The molecule has 1 aromatic carbocycles. The number of methoxy groups -OCH3 is 1. The number of Topliss-reactive ketones (excluding diaryl/α,β-unsaturated/α-hetero) is 1. The van der Waals surface area contributed by atoms with Crippen LogP contribution in [0.25, 0.3) is 11.3 Å². The maximum atomic E-state index is 13.0. The molecule has 2 aliphatic heterocycles. The number of carbonyl (C=O) groups excluding carboxylic acids is 2. The molecular formula is C27H34N2O5S. The standard InChI is InChI=1S/C27H34N2O5S/c1-6-33-27(31)21-14-29-23(16(2)3)10-18-11-26(34-9-7-8-32-5)20(22-15-35-17(4)28-22)12-19(18)24(29)13-25(21)30/h11-12,14-16,23-24H,6-10,13H2,1-5H3. The smallest absolute Gasteiger partial charge is 0.343 e. The molecule has 0 spiro atoms. The molecule has 0 amide bonds. The Kier molecular flexibility index (Phi) is 7.91. The largest absolute Gasteiger partial charge is 0.493 e. The van der Waals surface area contributed by atoms with E-state index in [2.05, 4.69) is 30.9 Å². The molecule has 2 aromatic rings. The van der Waals surface area contributed by atoms with E-state index in [0.717, 1.165) is 40.4 Å². The van der Waals surface area contributed by atoms with Crippen molar-refractivity contribution >= 4 is 23.1 Å². The molecular weight excluding hydrogens is 464 g/mol. The van der Waals surface area contributed by atoms with Crippen molar-refractivity contribution < 1.29 is 23.8 Å². The Labute approximate surface area is 211 Å². The number of ketones is 1. The number of aryl methyl sites for hydroxylation is 1. The van der Waals surface area contributed by atoms with Gasteiger partial charge in [0.25, 0.3) is 0 Å². The zero-order chi connectivity index (χ0) is 25.1. The van der Waals surface area contributed by atoms with Crippen LogP contribution in [0.1, 0.15) is 55.8 Å². The highest BCUT2D eigenvalue weighted by Crippen LogP contribution is 2.45. The fraction of sp³-hybridized carbons (Fsp3) is 0.519. The summed E-state index contributed by atoms with van der Waals surface area (Å²) in [7, 11) is 1.69. The second kappa shape index (κ2) is 10.9. The first kappa shape index (κ1) is 25.4. The summed E-state index contributed by atoms with van der Waals surface area (Å²) in [5.41, 5.74) is 4.23. The van der Waals surface area contributed by atoms with E-state index in [1.54, 1.807) is 31.6 Å². The molecule has 0 aliphatic carbocycles. The van der Waals surface area contributed by atoms with Gasteiger partial charge in [0.2, 0.25) is 0 Å². The quantitative estimate of drug-likeness (QED) is 0.277. The molecule has 1 aromatic heterocycles. The summed E-state index contributed by atoms with van der Waals surface area (Å²) >= 11 is 1.60. The molecule has 0 fully saturated rings. The predicted octanol–water partition coefficient (Wildman–Crippen LogP) is 4.88. The van der Waals surface area contributed by atoms with Crippen LogP contribution in [-0.2, 0) is 25.5 Å². The van der Waals surface area contributed by atoms with Crippen molar-refractivity contribution in [3.05, 3.63) is 45.4 Å². The number of rotatable bonds is 9.